The highest BCUT2D eigenvalue weighted by atomic mass is 35.5. The Bertz CT molecular complexity index is 762. The molecule has 3 rings (SSSR count). The maximum absolute atomic E-state index is 12.9. The third kappa shape index (κ3) is 6.41. The lowest BCUT2D eigenvalue weighted by atomic mass is 9.99. The maximum Gasteiger partial charge on any atom is 0.243 e. The van der Waals surface area contributed by atoms with Crippen LogP contribution < -0.4 is 5.32 Å². The van der Waals surface area contributed by atoms with Gasteiger partial charge in [-0.1, -0.05) is 24.4 Å². The van der Waals surface area contributed by atoms with Crippen LogP contribution in [0.15, 0.2) is 29.2 Å². The highest BCUT2D eigenvalue weighted by Crippen LogP contribution is 2.24. The quantitative estimate of drug-likeness (QED) is 0.660. The van der Waals surface area contributed by atoms with E-state index in [0.29, 0.717) is 24.5 Å². The SMILES string of the molecule is O=C(NCCCN1CCCCCC1)C1CCCN(S(=O)(=O)c2ccc(Cl)cc2)C1. The predicted octanol–water partition coefficient (Wildman–Crippen LogP) is 3.12. The Hall–Kier alpha value is -1.15. The molecular formula is C21H32ClN3O3S. The Labute approximate surface area is 179 Å². The summed E-state index contributed by atoms with van der Waals surface area (Å²) in [5, 5.41) is 3.52. The van der Waals surface area contributed by atoms with E-state index in [2.05, 4.69) is 10.2 Å². The average Bonchev–Trinajstić information content (AvgIpc) is 3.00. The van der Waals surface area contributed by atoms with Crippen molar-refractivity contribution in [2.75, 3.05) is 39.3 Å². The minimum Gasteiger partial charge on any atom is -0.356 e. The first-order valence-electron chi connectivity index (χ1n) is 10.7. The highest BCUT2D eigenvalue weighted by molar-refractivity contribution is 7.89. The number of carbonyl (C=O) groups excluding carboxylic acids is 1. The number of hydrogen-bond donors (Lipinski definition) is 1. The fourth-order valence-electron chi connectivity index (χ4n) is 4.15. The number of nitrogens with one attached hydrogen (secondary N) is 1. The number of nitrogens with zero attached hydrogens (tertiary/aromatic N) is 2. The van der Waals surface area contributed by atoms with E-state index in [1.165, 1.54) is 42.1 Å². The second-order valence-corrected chi connectivity index (χ2v) is 10.4. The van der Waals surface area contributed by atoms with Gasteiger partial charge in [0, 0.05) is 24.7 Å². The Morgan fingerprint density at radius 2 is 1.72 bits per heavy atom. The third-order valence-corrected chi connectivity index (χ3v) is 7.99. The van der Waals surface area contributed by atoms with E-state index >= 15 is 0 Å². The summed E-state index contributed by atoms with van der Waals surface area (Å²) in [7, 11) is -3.60. The summed E-state index contributed by atoms with van der Waals surface area (Å²) in [4.78, 5) is 15.3. The van der Waals surface area contributed by atoms with E-state index in [1.54, 1.807) is 12.1 Å². The summed E-state index contributed by atoms with van der Waals surface area (Å²) in [6.45, 7) is 4.67. The number of likely N-dealkylation sites (tertiary alicyclic amines) is 1. The first-order valence-corrected chi connectivity index (χ1v) is 12.5. The Kier molecular flexibility index (Phi) is 8.35. The van der Waals surface area contributed by atoms with Gasteiger partial charge in [-0.15, -0.1) is 0 Å². The van der Waals surface area contributed by atoms with Crippen molar-refractivity contribution in [1.29, 1.82) is 0 Å². The number of sulfonamides is 1. The normalized spacial score (nSPS) is 22.2. The molecule has 1 aromatic carbocycles. The molecule has 1 unspecified atom stereocenters. The van der Waals surface area contributed by atoms with Gasteiger partial charge < -0.3 is 10.2 Å². The molecular weight excluding hydrogens is 410 g/mol. The van der Waals surface area contributed by atoms with Crippen LogP contribution >= 0.6 is 11.6 Å². The first-order chi connectivity index (χ1) is 14.0. The molecule has 0 bridgehead atoms. The number of amides is 1. The molecule has 6 nitrogen and oxygen atoms in total. The standard InChI is InChI=1S/C21H32ClN3O3S/c22-19-8-10-20(11-9-19)29(27,28)25-16-5-7-18(17-25)21(26)23-12-6-15-24-13-3-1-2-4-14-24/h8-11,18H,1-7,12-17H2,(H,23,26). The van der Waals surface area contributed by atoms with Gasteiger partial charge in [-0.2, -0.15) is 4.31 Å². The smallest absolute Gasteiger partial charge is 0.243 e. The van der Waals surface area contributed by atoms with Crippen LogP contribution in [0.1, 0.15) is 44.9 Å². The van der Waals surface area contributed by atoms with Gasteiger partial charge in [-0.3, -0.25) is 4.79 Å². The van der Waals surface area contributed by atoms with Gasteiger partial charge in [0.15, 0.2) is 0 Å². The molecule has 0 spiro atoms. The van der Waals surface area contributed by atoms with Crippen molar-refractivity contribution in [3.8, 4) is 0 Å². The molecule has 1 amide bonds. The minimum atomic E-state index is -3.60. The summed E-state index contributed by atoms with van der Waals surface area (Å²) in [5.41, 5.74) is 0. The number of carbonyl (C=O) groups is 1. The molecule has 2 fully saturated rings. The molecule has 0 saturated carbocycles. The Morgan fingerprint density at radius 1 is 1.03 bits per heavy atom. The summed E-state index contributed by atoms with van der Waals surface area (Å²) in [5.74, 6) is -0.319. The van der Waals surface area contributed by atoms with Crippen LogP contribution in [0.3, 0.4) is 0 Å². The van der Waals surface area contributed by atoms with Gasteiger partial charge >= 0.3 is 0 Å². The zero-order chi connectivity index (χ0) is 20.7. The molecule has 1 atom stereocenters. The second-order valence-electron chi connectivity index (χ2n) is 8.06. The van der Waals surface area contributed by atoms with Crippen molar-refractivity contribution in [3.63, 3.8) is 0 Å². The summed E-state index contributed by atoms with van der Waals surface area (Å²) in [6.07, 6.45) is 7.54. The van der Waals surface area contributed by atoms with Crippen LogP contribution in [0.4, 0.5) is 0 Å². The molecule has 1 aromatic rings. The fraction of sp³-hybridized carbons (Fsp3) is 0.667. The molecule has 8 heteroatoms. The van der Waals surface area contributed by atoms with E-state index in [-0.39, 0.29) is 23.3 Å². The first kappa shape index (κ1) is 22.5. The average molecular weight is 442 g/mol. The number of benzene rings is 1. The molecule has 2 heterocycles. The molecule has 0 radical (unpaired) electrons. The van der Waals surface area contributed by atoms with Crippen molar-refractivity contribution < 1.29 is 13.2 Å². The molecule has 29 heavy (non-hydrogen) atoms. The lowest BCUT2D eigenvalue weighted by Crippen LogP contribution is -2.45. The van der Waals surface area contributed by atoms with E-state index in [0.717, 1.165) is 32.5 Å². The van der Waals surface area contributed by atoms with Gasteiger partial charge in [0.25, 0.3) is 0 Å². The van der Waals surface area contributed by atoms with Crippen LogP contribution in [-0.4, -0.2) is 62.8 Å². The zero-order valence-corrected chi connectivity index (χ0v) is 18.6. The van der Waals surface area contributed by atoms with E-state index < -0.39 is 10.0 Å². The van der Waals surface area contributed by atoms with Gasteiger partial charge in [0.05, 0.1) is 10.8 Å². The molecule has 2 aliphatic heterocycles. The monoisotopic (exact) mass is 441 g/mol. The molecule has 2 saturated heterocycles. The minimum absolute atomic E-state index is 0.0307. The number of piperidine rings is 1. The van der Waals surface area contributed by atoms with Gasteiger partial charge in [-0.25, -0.2) is 8.42 Å². The lowest BCUT2D eigenvalue weighted by Gasteiger charge is -2.31. The molecule has 162 valence electrons. The summed E-state index contributed by atoms with van der Waals surface area (Å²) in [6, 6.07) is 6.19. The Balaban J connectivity index is 1.47. The summed E-state index contributed by atoms with van der Waals surface area (Å²) < 4.78 is 27.2. The zero-order valence-electron chi connectivity index (χ0n) is 17.0. The maximum atomic E-state index is 12.9. The number of halogens is 1. The van der Waals surface area contributed by atoms with Crippen molar-refractivity contribution in [2.45, 2.75) is 49.8 Å². The van der Waals surface area contributed by atoms with Gasteiger partial charge in [-0.05, 0) is 76.0 Å². The van der Waals surface area contributed by atoms with Gasteiger partial charge in [0.1, 0.15) is 0 Å². The largest absolute Gasteiger partial charge is 0.356 e. The second kappa shape index (κ2) is 10.8. The summed E-state index contributed by atoms with van der Waals surface area (Å²) >= 11 is 5.87. The van der Waals surface area contributed by atoms with Crippen LogP contribution in [0.5, 0.6) is 0 Å². The van der Waals surface area contributed by atoms with E-state index in [9.17, 15) is 13.2 Å². The van der Waals surface area contributed by atoms with Crippen LogP contribution in [0.2, 0.25) is 5.02 Å². The van der Waals surface area contributed by atoms with Crippen molar-refractivity contribution >= 4 is 27.5 Å². The number of hydrogen-bond acceptors (Lipinski definition) is 4. The lowest BCUT2D eigenvalue weighted by molar-refractivity contribution is -0.126. The van der Waals surface area contributed by atoms with Crippen LogP contribution in [-0.2, 0) is 14.8 Å². The van der Waals surface area contributed by atoms with E-state index in [1.807, 2.05) is 0 Å². The topological polar surface area (TPSA) is 69.7 Å². The third-order valence-electron chi connectivity index (χ3n) is 5.86. The Morgan fingerprint density at radius 3 is 2.41 bits per heavy atom. The van der Waals surface area contributed by atoms with Crippen molar-refractivity contribution in [1.82, 2.24) is 14.5 Å². The predicted molar refractivity (Wildman–Crippen MR) is 115 cm³/mol. The van der Waals surface area contributed by atoms with Crippen LogP contribution in [0.25, 0.3) is 0 Å². The number of rotatable bonds is 7. The van der Waals surface area contributed by atoms with Crippen molar-refractivity contribution in [3.05, 3.63) is 29.3 Å². The van der Waals surface area contributed by atoms with Gasteiger partial charge in [0.2, 0.25) is 15.9 Å². The molecule has 1 N–H and O–H groups in total. The fourth-order valence-corrected chi connectivity index (χ4v) is 5.80. The van der Waals surface area contributed by atoms with Crippen molar-refractivity contribution in [2.24, 2.45) is 5.92 Å². The van der Waals surface area contributed by atoms with Crippen LogP contribution in [0, 0.1) is 5.92 Å². The molecule has 0 aliphatic carbocycles. The molecule has 0 aromatic heterocycles. The highest BCUT2D eigenvalue weighted by Gasteiger charge is 2.33. The molecule has 2 aliphatic rings. The van der Waals surface area contributed by atoms with E-state index in [4.69, 9.17) is 11.6 Å².